The van der Waals surface area contributed by atoms with Crippen LogP contribution in [-0.4, -0.2) is 11.7 Å². The van der Waals surface area contributed by atoms with Crippen LogP contribution in [0.4, 0.5) is 8.78 Å². The minimum atomic E-state index is -1.24. The molecule has 20 heavy (non-hydrogen) atoms. The Morgan fingerprint density at radius 2 is 1.80 bits per heavy atom. The zero-order chi connectivity index (χ0) is 14.5. The van der Waals surface area contributed by atoms with E-state index in [2.05, 4.69) is 5.32 Å². The second-order valence-electron chi connectivity index (χ2n) is 4.50. The van der Waals surface area contributed by atoms with Crippen LogP contribution in [0.1, 0.15) is 30.1 Å². The molecule has 0 aliphatic rings. The molecular weight excluding hydrogens is 264 g/mol. The normalized spacial score (nSPS) is 12.6. The highest BCUT2D eigenvalue weighted by molar-refractivity contribution is 5.22. The Labute approximate surface area is 116 Å². The molecule has 1 unspecified atom stereocenters. The summed E-state index contributed by atoms with van der Waals surface area (Å²) >= 11 is 0. The van der Waals surface area contributed by atoms with Crippen molar-refractivity contribution >= 4 is 0 Å². The third kappa shape index (κ3) is 3.43. The first-order valence-corrected chi connectivity index (χ1v) is 6.52. The van der Waals surface area contributed by atoms with Crippen molar-refractivity contribution in [3.8, 4) is 0 Å². The van der Waals surface area contributed by atoms with Gasteiger partial charge in [0, 0.05) is 13.0 Å². The van der Waals surface area contributed by atoms with E-state index in [-0.39, 0.29) is 12.1 Å². The molecule has 1 heterocycles. The lowest BCUT2D eigenvalue weighted by Gasteiger charge is -2.13. The van der Waals surface area contributed by atoms with Crippen LogP contribution in [0.5, 0.6) is 0 Å². The molecule has 2 N–H and O–H groups in total. The number of hydrogen-bond donors (Lipinski definition) is 2. The lowest BCUT2D eigenvalue weighted by atomic mass is 10.1. The van der Waals surface area contributed by atoms with Gasteiger partial charge < -0.3 is 14.8 Å². The molecule has 5 heteroatoms. The van der Waals surface area contributed by atoms with Crippen LogP contribution in [0.2, 0.25) is 0 Å². The summed E-state index contributed by atoms with van der Waals surface area (Å²) in [6.45, 7) is 2.42. The van der Waals surface area contributed by atoms with Crippen molar-refractivity contribution in [2.24, 2.45) is 0 Å². The van der Waals surface area contributed by atoms with Crippen molar-refractivity contribution in [1.82, 2.24) is 5.32 Å². The number of aliphatic hydroxyl groups excluding tert-OH is 1. The quantitative estimate of drug-likeness (QED) is 0.855. The molecule has 0 saturated heterocycles. The van der Waals surface area contributed by atoms with E-state index in [1.54, 1.807) is 0 Å². The maximum atomic E-state index is 13.5. The summed E-state index contributed by atoms with van der Waals surface area (Å²) in [5, 5.41) is 12.8. The van der Waals surface area contributed by atoms with Crippen LogP contribution >= 0.6 is 0 Å². The lowest BCUT2D eigenvalue weighted by Crippen LogP contribution is -2.22. The van der Waals surface area contributed by atoms with Crippen LogP contribution in [0.3, 0.4) is 0 Å². The van der Waals surface area contributed by atoms with Crippen LogP contribution in [0.15, 0.2) is 34.7 Å². The van der Waals surface area contributed by atoms with Gasteiger partial charge in [-0.25, -0.2) is 8.78 Å². The molecule has 2 aromatic rings. The Kier molecular flexibility index (Phi) is 4.87. The molecule has 1 aromatic heterocycles. The van der Waals surface area contributed by atoms with E-state index in [1.165, 1.54) is 6.07 Å². The third-order valence-electron chi connectivity index (χ3n) is 3.04. The fourth-order valence-electron chi connectivity index (χ4n) is 1.97. The van der Waals surface area contributed by atoms with Crippen LogP contribution in [0.25, 0.3) is 0 Å². The zero-order valence-electron chi connectivity index (χ0n) is 11.2. The van der Waals surface area contributed by atoms with Crippen molar-refractivity contribution in [3.63, 3.8) is 0 Å². The number of halogens is 2. The zero-order valence-corrected chi connectivity index (χ0v) is 11.2. The average Bonchev–Trinajstić information content (AvgIpc) is 2.86. The molecule has 2 rings (SSSR count). The molecular formula is C15H17F2NO2. The number of aryl methyl sites for hydroxylation is 1. The molecule has 0 saturated carbocycles. The van der Waals surface area contributed by atoms with Gasteiger partial charge in [0.05, 0.1) is 18.2 Å². The minimum Gasteiger partial charge on any atom is -0.465 e. The van der Waals surface area contributed by atoms with Gasteiger partial charge in [-0.3, -0.25) is 0 Å². The van der Waals surface area contributed by atoms with E-state index in [4.69, 9.17) is 4.42 Å². The summed E-state index contributed by atoms with van der Waals surface area (Å²) < 4.78 is 32.4. The SMILES string of the molecule is CCc1ccc(CNCC(O)c2c(F)cccc2F)o1. The lowest BCUT2D eigenvalue weighted by molar-refractivity contribution is 0.163. The predicted molar refractivity (Wildman–Crippen MR) is 71.1 cm³/mol. The van der Waals surface area contributed by atoms with Crippen molar-refractivity contribution in [1.29, 1.82) is 0 Å². The summed E-state index contributed by atoms with van der Waals surface area (Å²) in [6, 6.07) is 7.23. The number of hydrogen-bond acceptors (Lipinski definition) is 3. The molecule has 0 spiro atoms. The minimum absolute atomic E-state index is 0.0417. The van der Waals surface area contributed by atoms with Gasteiger partial charge in [0.1, 0.15) is 23.2 Å². The molecule has 0 bridgehead atoms. The van der Waals surface area contributed by atoms with Crippen molar-refractivity contribution in [2.45, 2.75) is 26.0 Å². The molecule has 3 nitrogen and oxygen atoms in total. The van der Waals surface area contributed by atoms with Crippen molar-refractivity contribution in [2.75, 3.05) is 6.54 Å². The van der Waals surface area contributed by atoms with E-state index < -0.39 is 17.7 Å². The van der Waals surface area contributed by atoms with E-state index in [1.807, 2.05) is 19.1 Å². The van der Waals surface area contributed by atoms with Crippen LogP contribution in [0, 0.1) is 11.6 Å². The third-order valence-corrected chi connectivity index (χ3v) is 3.04. The van der Waals surface area contributed by atoms with Crippen LogP contribution in [-0.2, 0) is 13.0 Å². The Balaban J connectivity index is 1.90. The number of furan rings is 1. The number of benzene rings is 1. The number of aliphatic hydroxyl groups is 1. The molecule has 0 fully saturated rings. The molecule has 1 atom stereocenters. The Hall–Kier alpha value is -1.72. The van der Waals surface area contributed by atoms with E-state index in [0.29, 0.717) is 6.54 Å². The maximum absolute atomic E-state index is 13.5. The highest BCUT2D eigenvalue weighted by atomic mass is 19.1. The van der Waals surface area contributed by atoms with Crippen molar-refractivity contribution in [3.05, 3.63) is 59.1 Å². The molecule has 0 radical (unpaired) electrons. The van der Waals surface area contributed by atoms with Crippen molar-refractivity contribution < 1.29 is 18.3 Å². The van der Waals surface area contributed by atoms with E-state index in [0.717, 1.165) is 30.1 Å². The summed E-state index contributed by atoms with van der Waals surface area (Å²) in [4.78, 5) is 0. The van der Waals surface area contributed by atoms with Gasteiger partial charge in [0.15, 0.2) is 0 Å². The van der Waals surface area contributed by atoms with E-state index in [9.17, 15) is 13.9 Å². The van der Waals surface area contributed by atoms with Gasteiger partial charge in [0.25, 0.3) is 0 Å². The topological polar surface area (TPSA) is 45.4 Å². The summed E-state index contributed by atoms with van der Waals surface area (Å²) in [6.07, 6.45) is -0.430. The van der Waals surface area contributed by atoms with E-state index >= 15 is 0 Å². The first kappa shape index (κ1) is 14.7. The fourth-order valence-corrected chi connectivity index (χ4v) is 1.97. The Bertz CT molecular complexity index is 549. The fraction of sp³-hybridized carbons (Fsp3) is 0.333. The highest BCUT2D eigenvalue weighted by Gasteiger charge is 2.17. The summed E-state index contributed by atoms with van der Waals surface area (Å²) in [5.74, 6) is 0.113. The first-order valence-electron chi connectivity index (χ1n) is 6.52. The largest absolute Gasteiger partial charge is 0.465 e. The Morgan fingerprint density at radius 3 is 2.40 bits per heavy atom. The monoisotopic (exact) mass is 281 g/mol. The van der Waals surface area contributed by atoms with Gasteiger partial charge in [0.2, 0.25) is 0 Å². The summed E-state index contributed by atoms with van der Waals surface area (Å²) in [5.41, 5.74) is -0.311. The van der Waals surface area contributed by atoms with Crippen LogP contribution < -0.4 is 5.32 Å². The average molecular weight is 281 g/mol. The first-order chi connectivity index (χ1) is 9.61. The molecule has 0 aliphatic heterocycles. The highest BCUT2D eigenvalue weighted by Crippen LogP contribution is 2.20. The van der Waals surface area contributed by atoms with Gasteiger partial charge >= 0.3 is 0 Å². The maximum Gasteiger partial charge on any atom is 0.131 e. The smallest absolute Gasteiger partial charge is 0.131 e. The van der Waals surface area contributed by atoms with Gasteiger partial charge in [-0.05, 0) is 24.3 Å². The number of rotatable bonds is 6. The van der Waals surface area contributed by atoms with Gasteiger partial charge in [-0.2, -0.15) is 0 Å². The second kappa shape index (κ2) is 6.63. The predicted octanol–water partition coefficient (Wildman–Crippen LogP) is 2.94. The molecule has 108 valence electrons. The summed E-state index contributed by atoms with van der Waals surface area (Å²) in [7, 11) is 0. The molecule has 0 aliphatic carbocycles. The number of nitrogens with one attached hydrogen (secondary N) is 1. The standard InChI is InChI=1S/C15H17F2NO2/c1-2-10-6-7-11(20-10)8-18-9-14(19)15-12(16)4-3-5-13(15)17/h3-7,14,18-19H,2,8-9H2,1H3. The van der Waals surface area contributed by atoms with Gasteiger partial charge in [-0.15, -0.1) is 0 Å². The molecule has 0 amide bonds. The Morgan fingerprint density at radius 1 is 1.15 bits per heavy atom. The second-order valence-corrected chi connectivity index (χ2v) is 4.50. The molecule has 1 aromatic carbocycles. The van der Waals surface area contributed by atoms with Gasteiger partial charge in [-0.1, -0.05) is 13.0 Å².